The maximum Gasteiger partial charge on any atom is 0.292 e. The van der Waals surface area contributed by atoms with Crippen LogP contribution in [0.3, 0.4) is 0 Å². The molecular weight excluding hydrogens is 342 g/mol. The number of aromatic nitrogens is 4. The molecule has 0 bridgehead atoms. The van der Waals surface area contributed by atoms with Crippen LogP contribution in [0, 0.1) is 13.8 Å². The van der Waals surface area contributed by atoms with Crippen molar-refractivity contribution in [3.05, 3.63) is 35.0 Å². The third-order valence-electron chi connectivity index (χ3n) is 5.13. The summed E-state index contributed by atoms with van der Waals surface area (Å²) in [6.45, 7) is 11.4. The highest BCUT2D eigenvalue weighted by Crippen LogP contribution is 2.24. The third-order valence-corrected chi connectivity index (χ3v) is 5.13. The molecule has 146 valence electrons. The maximum atomic E-state index is 13.1. The zero-order valence-electron chi connectivity index (χ0n) is 16.6. The van der Waals surface area contributed by atoms with Crippen LogP contribution in [0.4, 0.5) is 5.82 Å². The van der Waals surface area contributed by atoms with E-state index in [-0.39, 0.29) is 17.8 Å². The van der Waals surface area contributed by atoms with Crippen LogP contribution >= 0.6 is 0 Å². The summed E-state index contributed by atoms with van der Waals surface area (Å²) >= 11 is 0. The molecule has 1 saturated heterocycles. The second-order valence-corrected chi connectivity index (χ2v) is 7.10. The molecule has 3 heterocycles. The summed E-state index contributed by atoms with van der Waals surface area (Å²) in [6, 6.07) is 0.154. The molecule has 0 aliphatic carbocycles. The van der Waals surface area contributed by atoms with Crippen molar-refractivity contribution in [1.29, 1.82) is 0 Å². The summed E-state index contributed by atoms with van der Waals surface area (Å²) in [5.41, 5.74) is 8.89. The Kier molecular flexibility index (Phi) is 5.74. The predicted octanol–water partition coefficient (Wildman–Crippen LogP) is 1.51. The summed E-state index contributed by atoms with van der Waals surface area (Å²) < 4.78 is 1.86. The van der Waals surface area contributed by atoms with Crippen molar-refractivity contribution in [2.75, 3.05) is 24.5 Å². The SMILES string of the molecule is CCN(Cc1cnn(CC)c1)C(=O)c1nc(C)c(C)c(N2CC[C@@H](N)C2)n1. The van der Waals surface area contributed by atoms with Gasteiger partial charge in [0, 0.05) is 61.8 Å². The first-order valence-electron chi connectivity index (χ1n) is 9.59. The fourth-order valence-corrected chi connectivity index (χ4v) is 3.35. The normalized spacial score (nSPS) is 16.8. The van der Waals surface area contributed by atoms with Gasteiger partial charge in [-0.05, 0) is 34.1 Å². The molecule has 0 unspecified atom stereocenters. The molecule has 27 heavy (non-hydrogen) atoms. The third kappa shape index (κ3) is 4.10. The molecule has 8 nitrogen and oxygen atoms in total. The minimum Gasteiger partial charge on any atom is -0.355 e. The van der Waals surface area contributed by atoms with E-state index in [0.29, 0.717) is 13.1 Å². The summed E-state index contributed by atoms with van der Waals surface area (Å²) in [5.74, 6) is 0.918. The molecule has 1 fully saturated rings. The molecule has 1 atom stereocenters. The average molecular weight is 371 g/mol. The number of amides is 1. The Morgan fingerprint density at radius 2 is 2.11 bits per heavy atom. The molecule has 0 radical (unpaired) electrons. The number of rotatable bonds is 6. The van der Waals surface area contributed by atoms with E-state index in [1.54, 1.807) is 11.1 Å². The summed E-state index contributed by atoms with van der Waals surface area (Å²) in [5, 5.41) is 4.28. The topological polar surface area (TPSA) is 93.2 Å². The average Bonchev–Trinajstić information content (AvgIpc) is 3.30. The second-order valence-electron chi connectivity index (χ2n) is 7.10. The lowest BCUT2D eigenvalue weighted by atomic mass is 10.2. The van der Waals surface area contributed by atoms with E-state index < -0.39 is 0 Å². The molecule has 0 saturated carbocycles. The highest BCUT2D eigenvalue weighted by Gasteiger charge is 2.26. The quantitative estimate of drug-likeness (QED) is 0.827. The lowest BCUT2D eigenvalue weighted by Gasteiger charge is -2.23. The Morgan fingerprint density at radius 1 is 1.33 bits per heavy atom. The molecule has 2 aromatic rings. The van der Waals surface area contributed by atoms with Gasteiger partial charge in [-0.2, -0.15) is 5.10 Å². The molecule has 0 spiro atoms. The van der Waals surface area contributed by atoms with Crippen LogP contribution in [0.15, 0.2) is 12.4 Å². The lowest BCUT2D eigenvalue weighted by molar-refractivity contribution is 0.0740. The van der Waals surface area contributed by atoms with Gasteiger partial charge in [-0.15, -0.1) is 0 Å². The number of aryl methyl sites for hydroxylation is 2. The van der Waals surface area contributed by atoms with Crippen molar-refractivity contribution in [1.82, 2.24) is 24.6 Å². The van der Waals surface area contributed by atoms with Gasteiger partial charge in [-0.1, -0.05) is 0 Å². The molecule has 8 heteroatoms. The standard InChI is InChI=1S/C19H29N7O/c1-5-24(10-15-9-21-26(6-2)11-15)19(27)17-22-14(4)13(3)18(23-17)25-8-7-16(20)12-25/h9,11,16H,5-8,10,12,20H2,1-4H3/t16-/m1/s1. The van der Waals surface area contributed by atoms with Crippen LogP contribution in [0.1, 0.15) is 47.7 Å². The molecule has 0 aromatic carbocycles. The van der Waals surface area contributed by atoms with Crippen molar-refractivity contribution >= 4 is 11.7 Å². The van der Waals surface area contributed by atoms with Crippen molar-refractivity contribution in [3.8, 4) is 0 Å². The first-order chi connectivity index (χ1) is 12.9. The monoisotopic (exact) mass is 371 g/mol. The number of nitrogens with zero attached hydrogens (tertiary/aromatic N) is 6. The van der Waals surface area contributed by atoms with E-state index in [1.807, 2.05) is 38.6 Å². The van der Waals surface area contributed by atoms with Gasteiger partial charge >= 0.3 is 0 Å². The largest absolute Gasteiger partial charge is 0.355 e. The van der Waals surface area contributed by atoms with E-state index in [9.17, 15) is 4.79 Å². The number of carbonyl (C=O) groups excluding carboxylic acids is 1. The number of hydrogen-bond donors (Lipinski definition) is 1. The fourth-order valence-electron chi connectivity index (χ4n) is 3.35. The second kappa shape index (κ2) is 8.04. The predicted molar refractivity (Wildman–Crippen MR) is 105 cm³/mol. The van der Waals surface area contributed by atoms with Gasteiger partial charge in [0.1, 0.15) is 5.82 Å². The highest BCUT2D eigenvalue weighted by molar-refractivity contribution is 5.91. The van der Waals surface area contributed by atoms with Crippen LogP contribution < -0.4 is 10.6 Å². The maximum absolute atomic E-state index is 13.1. The van der Waals surface area contributed by atoms with Gasteiger partial charge in [-0.3, -0.25) is 9.48 Å². The number of anilines is 1. The van der Waals surface area contributed by atoms with Crippen LogP contribution in [0.25, 0.3) is 0 Å². The molecule has 1 amide bonds. The van der Waals surface area contributed by atoms with Crippen molar-refractivity contribution in [3.63, 3.8) is 0 Å². The van der Waals surface area contributed by atoms with Crippen molar-refractivity contribution < 1.29 is 4.79 Å². The van der Waals surface area contributed by atoms with Gasteiger partial charge in [0.25, 0.3) is 5.91 Å². The molecule has 2 aromatic heterocycles. The first kappa shape index (κ1) is 19.3. The van der Waals surface area contributed by atoms with E-state index >= 15 is 0 Å². The van der Waals surface area contributed by atoms with Crippen LogP contribution in [-0.4, -0.2) is 56.2 Å². The van der Waals surface area contributed by atoms with Gasteiger partial charge in [0.05, 0.1) is 6.20 Å². The van der Waals surface area contributed by atoms with E-state index in [1.165, 1.54) is 0 Å². The van der Waals surface area contributed by atoms with Gasteiger partial charge in [-0.25, -0.2) is 9.97 Å². The van der Waals surface area contributed by atoms with Gasteiger partial charge < -0.3 is 15.5 Å². The van der Waals surface area contributed by atoms with Crippen molar-refractivity contribution in [2.24, 2.45) is 5.73 Å². The Balaban J connectivity index is 1.84. The molecule has 1 aliphatic rings. The Labute approximate surface area is 160 Å². The van der Waals surface area contributed by atoms with Crippen LogP contribution in [0.2, 0.25) is 0 Å². The van der Waals surface area contributed by atoms with E-state index in [2.05, 4.69) is 20.0 Å². The van der Waals surface area contributed by atoms with Crippen LogP contribution in [-0.2, 0) is 13.1 Å². The summed E-state index contributed by atoms with van der Waals surface area (Å²) in [7, 11) is 0. The molecular formula is C19H29N7O. The minimum absolute atomic E-state index is 0.154. The number of nitrogens with two attached hydrogens (primary N) is 1. The number of hydrogen-bond acceptors (Lipinski definition) is 6. The Bertz CT molecular complexity index is 816. The smallest absolute Gasteiger partial charge is 0.292 e. The first-order valence-corrected chi connectivity index (χ1v) is 9.59. The Morgan fingerprint density at radius 3 is 2.70 bits per heavy atom. The molecule has 1 aliphatic heterocycles. The van der Waals surface area contributed by atoms with Gasteiger partial charge in [0.2, 0.25) is 5.82 Å². The minimum atomic E-state index is -0.158. The zero-order valence-corrected chi connectivity index (χ0v) is 16.6. The van der Waals surface area contributed by atoms with E-state index in [4.69, 9.17) is 5.73 Å². The number of carbonyl (C=O) groups is 1. The van der Waals surface area contributed by atoms with E-state index in [0.717, 1.165) is 48.7 Å². The Hall–Kier alpha value is -2.48. The van der Waals surface area contributed by atoms with Crippen LogP contribution in [0.5, 0.6) is 0 Å². The highest BCUT2D eigenvalue weighted by atomic mass is 16.2. The van der Waals surface area contributed by atoms with Gasteiger partial charge in [0.15, 0.2) is 0 Å². The molecule has 3 rings (SSSR count). The zero-order chi connectivity index (χ0) is 19.6. The van der Waals surface area contributed by atoms with Crippen molar-refractivity contribution in [2.45, 2.75) is 53.2 Å². The summed E-state index contributed by atoms with van der Waals surface area (Å²) in [4.78, 5) is 26.1. The lowest BCUT2D eigenvalue weighted by Crippen LogP contribution is -2.33. The molecule has 2 N–H and O–H groups in total. The summed E-state index contributed by atoms with van der Waals surface area (Å²) in [6.07, 6.45) is 4.71. The fraction of sp³-hybridized carbons (Fsp3) is 0.579.